The van der Waals surface area contributed by atoms with E-state index in [-0.39, 0.29) is 6.10 Å². The monoisotopic (exact) mass is 316 g/mol. The smallest absolute Gasteiger partial charge is 0.0961 e. The Morgan fingerprint density at radius 3 is 2.10 bits per heavy atom. The molecule has 0 amide bonds. The van der Waals surface area contributed by atoms with Crippen LogP contribution in [0, 0.1) is 6.92 Å². The maximum absolute atomic E-state index is 10.1. The number of thiophene rings is 1. The van der Waals surface area contributed by atoms with Crippen LogP contribution in [0.25, 0.3) is 0 Å². The highest BCUT2D eigenvalue weighted by Crippen LogP contribution is 2.33. The predicted octanol–water partition coefficient (Wildman–Crippen LogP) is 6.66. The van der Waals surface area contributed by atoms with Crippen molar-refractivity contribution >= 4 is 22.9 Å². The number of rotatable bonds is 11. The van der Waals surface area contributed by atoms with Crippen LogP contribution in [-0.2, 0) is 0 Å². The maximum Gasteiger partial charge on any atom is 0.0961 e. The molecule has 1 nitrogen and oxygen atoms in total. The largest absolute Gasteiger partial charge is 0.388 e. The number of hydrogen-bond donors (Lipinski definition) is 1. The molecular formula is C17H29ClOS. The van der Waals surface area contributed by atoms with E-state index >= 15 is 0 Å². The van der Waals surface area contributed by atoms with Gasteiger partial charge in [0.2, 0.25) is 0 Å². The lowest BCUT2D eigenvalue weighted by Crippen LogP contribution is -1.94. The van der Waals surface area contributed by atoms with Crippen LogP contribution in [0.3, 0.4) is 0 Å². The lowest BCUT2D eigenvalue weighted by atomic mass is 10.0. The SMILES string of the molecule is CCCCCCCCCCCC(O)c1cc(C)c(Cl)s1. The van der Waals surface area contributed by atoms with Crippen molar-refractivity contribution in [3.63, 3.8) is 0 Å². The molecule has 0 saturated carbocycles. The molecule has 1 aromatic rings. The Labute approximate surface area is 133 Å². The van der Waals surface area contributed by atoms with Crippen molar-refractivity contribution < 1.29 is 5.11 Å². The fourth-order valence-corrected chi connectivity index (χ4v) is 3.68. The third-order valence-corrected chi connectivity index (χ3v) is 5.44. The van der Waals surface area contributed by atoms with Crippen molar-refractivity contribution in [1.82, 2.24) is 0 Å². The second-order valence-electron chi connectivity index (χ2n) is 5.74. The van der Waals surface area contributed by atoms with Crippen LogP contribution in [-0.4, -0.2) is 5.11 Å². The van der Waals surface area contributed by atoms with E-state index in [1.807, 2.05) is 13.0 Å². The van der Waals surface area contributed by atoms with E-state index in [9.17, 15) is 5.11 Å². The fourth-order valence-electron chi connectivity index (χ4n) is 2.44. The molecule has 0 aliphatic heterocycles. The summed E-state index contributed by atoms with van der Waals surface area (Å²) >= 11 is 7.55. The number of aliphatic hydroxyl groups is 1. The number of hydrogen-bond acceptors (Lipinski definition) is 2. The van der Waals surface area contributed by atoms with Crippen LogP contribution in [0.2, 0.25) is 4.34 Å². The lowest BCUT2D eigenvalue weighted by molar-refractivity contribution is 0.167. The van der Waals surface area contributed by atoms with E-state index in [0.29, 0.717) is 0 Å². The van der Waals surface area contributed by atoms with Gasteiger partial charge in [0.1, 0.15) is 0 Å². The molecular weight excluding hydrogens is 288 g/mol. The molecule has 0 spiro atoms. The van der Waals surface area contributed by atoms with Crippen LogP contribution in [0.1, 0.15) is 87.7 Å². The topological polar surface area (TPSA) is 20.2 Å². The molecule has 0 aromatic carbocycles. The van der Waals surface area contributed by atoms with Gasteiger partial charge in [-0.25, -0.2) is 0 Å². The van der Waals surface area contributed by atoms with E-state index in [2.05, 4.69) is 6.92 Å². The van der Waals surface area contributed by atoms with Gasteiger partial charge in [-0.3, -0.25) is 0 Å². The number of aliphatic hydroxyl groups excluding tert-OH is 1. The van der Waals surface area contributed by atoms with Gasteiger partial charge in [0.15, 0.2) is 0 Å². The van der Waals surface area contributed by atoms with Crippen LogP contribution in [0.4, 0.5) is 0 Å². The molecule has 20 heavy (non-hydrogen) atoms. The molecule has 1 aromatic heterocycles. The standard InChI is InChI=1S/C17H29ClOS/c1-3-4-5-6-7-8-9-10-11-12-15(19)16-13-14(2)17(18)20-16/h13,15,19H,3-12H2,1-2H3. The number of halogens is 1. The van der Waals surface area contributed by atoms with Crippen LogP contribution in [0.15, 0.2) is 6.07 Å². The Morgan fingerprint density at radius 2 is 1.60 bits per heavy atom. The molecule has 1 atom stereocenters. The van der Waals surface area contributed by atoms with Gasteiger partial charge in [0.05, 0.1) is 10.4 Å². The van der Waals surface area contributed by atoms with Gasteiger partial charge in [-0.1, -0.05) is 76.3 Å². The maximum atomic E-state index is 10.1. The van der Waals surface area contributed by atoms with Crippen molar-refractivity contribution in [2.24, 2.45) is 0 Å². The van der Waals surface area contributed by atoms with Gasteiger partial charge >= 0.3 is 0 Å². The average molecular weight is 317 g/mol. The van der Waals surface area contributed by atoms with Gasteiger partial charge < -0.3 is 5.11 Å². The van der Waals surface area contributed by atoms with Crippen molar-refractivity contribution in [3.8, 4) is 0 Å². The minimum absolute atomic E-state index is 0.323. The first-order valence-corrected chi connectivity index (χ1v) is 9.28. The summed E-state index contributed by atoms with van der Waals surface area (Å²) in [6.45, 7) is 4.25. The van der Waals surface area contributed by atoms with Gasteiger partial charge in [-0.2, -0.15) is 0 Å². The molecule has 116 valence electrons. The zero-order valence-electron chi connectivity index (χ0n) is 13.0. The minimum atomic E-state index is -0.323. The summed E-state index contributed by atoms with van der Waals surface area (Å²) in [4.78, 5) is 1.02. The molecule has 0 saturated heterocycles. The van der Waals surface area contributed by atoms with E-state index in [1.54, 1.807) is 0 Å². The van der Waals surface area contributed by atoms with Crippen LogP contribution < -0.4 is 0 Å². The molecule has 1 N–H and O–H groups in total. The van der Waals surface area contributed by atoms with Gasteiger partial charge in [-0.05, 0) is 25.0 Å². The summed E-state index contributed by atoms with van der Waals surface area (Å²) < 4.78 is 0.811. The third kappa shape index (κ3) is 7.10. The van der Waals surface area contributed by atoms with Crippen LogP contribution >= 0.6 is 22.9 Å². The van der Waals surface area contributed by atoms with Crippen molar-refractivity contribution in [2.45, 2.75) is 84.2 Å². The summed E-state index contributed by atoms with van der Waals surface area (Å²) in [6, 6.07) is 2.02. The Kier molecular flexibility index (Phi) is 9.58. The van der Waals surface area contributed by atoms with Gasteiger partial charge in [0, 0.05) is 4.88 Å². The minimum Gasteiger partial charge on any atom is -0.388 e. The van der Waals surface area contributed by atoms with Crippen molar-refractivity contribution in [3.05, 3.63) is 20.8 Å². The second-order valence-corrected chi connectivity index (χ2v) is 7.42. The van der Waals surface area contributed by atoms with Gasteiger partial charge in [0.25, 0.3) is 0 Å². The summed E-state index contributed by atoms with van der Waals surface area (Å²) in [5.41, 5.74) is 1.08. The lowest BCUT2D eigenvalue weighted by Gasteiger charge is -2.08. The molecule has 0 radical (unpaired) electrons. The van der Waals surface area contributed by atoms with E-state index in [0.717, 1.165) is 27.6 Å². The fraction of sp³-hybridized carbons (Fsp3) is 0.765. The Bertz CT molecular complexity index is 342. The molecule has 3 heteroatoms. The summed E-state index contributed by atoms with van der Waals surface area (Å²) in [6.07, 6.45) is 12.4. The molecule has 0 aliphatic carbocycles. The highest BCUT2D eigenvalue weighted by Gasteiger charge is 2.11. The molecule has 0 fully saturated rings. The summed E-state index contributed by atoms with van der Waals surface area (Å²) in [5.74, 6) is 0. The molecule has 1 unspecified atom stereocenters. The zero-order valence-corrected chi connectivity index (χ0v) is 14.5. The molecule has 0 bridgehead atoms. The Morgan fingerprint density at radius 1 is 1.05 bits per heavy atom. The normalized spacial score (nSPS) is 12.8. The first-order valence-electron chi connectivity index (χ1n) is 8.09. The number of unbranched alkanes of at least 4 members (excludes halogenated alkanes) is 8. The molecule has 0 aliphatic rings. The van der Waals surface area contributed by atoms with Crippen molar-refractivity contribution in [1.29, 1.82) is 0 Å². The Balaban J connectivity index is 2.01. The first-order chi connectivity index (χ1) is 9.65. The quantitative estimate of drug-likeness (QED) is 0.452. The summed E-state index contributed by atoms with van der Waals surface area (Å²) in [5, 5.41) is 10.1. The number of aryl methyl sites for hydroxylation is 1. The predicted molar refractivity (Wildman–Crippen MR) is 90.9 cm³/mol. The highest BCUT2D eigenvalue weighted by molar-refractivity contribution is 7.16. The Hall–Kier alpha value is -0.0500. The molecule has 1 rings (SSSR count). The second kappa shape index (κ2) is 10.6. The van der Waals surface area contributed by atoms with Crippen molar-refractivity contribution in [2.75, 3.05) is 0 Å². The highest BCUT2D eigenvalue weighted by atomic mass is 35.5. The summed E-state index contributed by atoms with van der Waals surface area (Å²) in [7, 11) is 0. The zero-order chi connectivity index (χ0) is 14.8. The first kappa shape index (κ1) is 18.0. The average Bonchev–Trinajstić information content (AvgIpc) is 2.77. The van der Waals surface area contributed by atoms with Crippen LogP contribution in [0.5, 0.6) is 0 Å². The van der Waals surface area contributed by atoms with E-state index < -0.39 is 0 Å². The van der Waals surface area contributed by atoms with Gasteiger partial charge in [-0.15, -0.1) is 11.3 Å². The molecule has 1 heterocycles. The van der Waals surface area contributed by atoms with E-state index in [1.165, 1.54) is 62.7 Å². The third-order valence-electron chi connectivity index (χ3n) is 3.79. The van der Waals surface area contributed by atoms with E-state index in [4.69, 9.17) is 11.6 Å².